The summed E-state index contributed by atoms with van der Waals surface area (Å²) in [6.07, 6.45) is 0.927. The number of aliphatic hydroxyl groups excluding tert-OH is 1. The fraction of sp³-hybridized carbons (Fsp3) is 0.500. The van der Waals surface area contributed by atoms with Crippen molar-refractivity contribution in [2.45, 2.75) is 19.4 Å². The van der Waals surface area contributed by atoms with Gasteiger partial charge in [0, 0.05) is 18.3 Å². The molecule has 1 aliphatic heterocycles. The summed E-state index contributed by atoms with van der Waals surface area (Å²) in [4.78, 5) is 13.9. The topological polar surface area (TPSA) is 61.8 Å². The Hall–Kier alpha value is -1.75. The maximum atomic E-state index is 12.2. The normalized spacial score (nSPS) is 22.4. The number of anilines is 1. The number of carbonyl (C=O) groups excluding carboxylic acids is 1. The quantitative estimate of drug-likeness (QED) is 0.877. The van der Waals surface area contributed by atoms with E-state index in [2.05, 4.69) is 12.2 Å². The number of rotatable bonds is 3. The predicted octanol–water partition coefficient (Wildman–Crippen LogP) is 1.93. The molecule has 2 atom stereocenters. The number of aliphatic hydroxyl groups is 1. The zero-order chi connectivity index (χ0) is 13.8. The predicted molar refractivity (Wildman–Crippen MR) is 73.4 cm³/mol. The Morgan fingerprint density at radius 1 is 1.58 bits per heavy atom. The fourth-order valence-corrected chi connectivity index (χ4v) is 2.43. The van der Waals surface area contributed by atoms with E-state index in [9.17, 15) is 9.90 Å². The van der Waals surface area contributed by atoms with Crippen LogP contribution in [0.1, 0.15) is 13.3 Å². The summed E-state index contributed by atoms with van der Waals surface area (Å²) in [5, 5.41) is 12.2. The van der Waals surface area contributed by atoms with E-state index in [1.54, 1.807) is 18.1 Å². The van der Waals surface area contributed by atoms with Crippen LogP contribution in [-0.4, -0.2) is 42.3 Å². The van der Waals surface area contributed by atoms with Crippen molar-refractivity contribution in [3.8, 4) is 5.75 Å². The number of hydrogen-bond acceptors (Lipinski definition) is 3. The Balaban J connectivity index is 2.04. The lowest BCUT2D eigenvalue weighted by molar-refractivity contribution is 0.152. The third-order valence-corrected chi connectivity index (χ3v) is 3.65. The molecule has 1 aromatic rings. The maximum Gasteiger partial charge on any atom is 0.322 e. The molecule has 1 saturated heterocycles. The van der Waals surface area contributed by atoms with E-state index >= 15 is 0 Å². The summed E-state index contributed by atoms with van der Waals surface area (Å²) >= 11 is 0. The van der Waals surface area contributed by atoms with Crippen molar-refractivity contribution in [3.63, 3.8) is 0 Å². The van der Waals surface area contributed by atoms with Gasteiger partial charge in [-0.3, -0.25) is 0 Å². The van der Waals surface area contributed by atoms with Gasteiger partial charge in [-0.1, -0.05) is 13.0 Å². The second-order valence-corrected chi connectivity index (χ2v) is 4.87. The highest BCUT2D eigenvalue weighted by molar-refractivity contribution is 5.90. The van der Waals surface area contributed by atoms with Crippen LogP contribution in [0.2, 0.25) is 0 Å². The molecule has 19 heavy (non-hydrogen) atoms. The molecule has 5 nitrogen and oxygen atoms in total. The largest absolute Gasteiger partial charge is 0.497 e. The van der Waals surface area contributed by atoms with Gasteiger partial charge in [0.15, 0.2) is 0 Å². The average molecular weight is 264 g/mol. The van der Waals surface area contributed by atoms with E-state index in [1.807, 2.05) is 18.2 Å². The molecular weight excluding hydrogens is 244 g/mol. The van der Waals surface area contributed by atoms with Gasteiger partial charge in [-0.15, -0.1) is 0 Å². The van der Waals surface area contributed by atoms with Crippen molar-refractivity contribution in [2.75, 3.05) is 25.6 Å². The first kappa shape index (κ1) is 13.7. The number of methoxy groups -OCH3 is 1. The zero-order valence-electron chi connectivity index (χ0n) is 11.3. The van der Waals surface area contributed by atoms with Gasteiger partial charge in [-0.2, -0.15) is 0 Å². The lowest BCUT2D eigenvalue weighted by Gasteiger charge is -2.25. The van der Waals surface area contributed by atoms with E-state index in [4.69, 9.17) is 4.74 Å². The Labute approximate surface area is 113 Å². The van der Waals surface area contributed by atoms with Crippen molar-refractivity contribution < 1.29 is 14.6 Å². The van der Waals surface area contributed by atoms with Crippen LogP contribution in [0.3, 0.4) is 0 Å². The van der Waals surface area contributed by atoms with E-state index in [-0.39, 0.29) is 18.7 Å². The molecule has 1 aromatic carbocycles. The molecule has 2 unspecified atom stereocenters. The van der Waals surface area contributed by atoms with Gasteiger partial charge in [0.1, 0.15) is 5.75 Å². The third-order valence-electron chi connectivity index (χ3n) is 3.65. The van der Waals surface area contributed by atoms with E-state index in [0.29, 0.717) is 23.9 Å². The monoisotopic (exact) mass is 264 g/mol. The summed E-state index contributed by atoms with van der Waals surface area (Å²) in [6.45, 7) is 2.74. The molecule has 1 fully saturated rings. The Morgan fingerprint density at radius 2 is 2.37 bits per heavy atom. The first-order valence-corrected chi connectivity index (χ1v) is 6.48. The second kappa shape index (κ2) is 5.93. The summed E-state index contributed by atoms with van der Waals surface area (Å²) in [5.74, 6) is 1.03. The number of ether oxygens (including phenoxy) is 1. The first-order valence-electron chi connectivity index (χ1n) is 6.48. The summed E-state index contributed by atoms with van der Waals surface area (Å²) in [5.41, 5.74) is 0.695. The van der Waals surface area contributed by atoms with Gasteiger partial charge in [-0.05, 0) is 24.5 Å². The maximum absolute atomic E-state index is 12.2. The molecule has 0 spiro atoms. The van der Waals surface area contributed by atoms with Gasteiger partial charge < -0.3 is 20.1 Å². The number of carbonyl (C=O) groups is 1. The minimum Gasteiger partial charge on any atom is -0.497 e. The van der Waals surface area contributed by atoms with Crippen LogP contribution < -0.4 is 10.1 Å². The standard InChI is InChI=1S/C14H20N2O3/c1-10-6-7-16(13(10)9-17)14(18)15-11-4-3-5-12(8-11)19-2/h3-5,8,10,13,17H,6-7,9H2,1-2H3,(H,15,18). The molecule has 0 radical (unpaired) electrons. The smallest absolute Gasteiger partial charge is 0.322 e. The minimum atomic E-state index is -0.170. The molecule has 1 aliphatic rings. The van der Waals surface area contributed by atoms with Crippen molar-refractivity contribution in [2.24, 2.45) is 5.92 Å². The van der Waals surface area contributed by atoms with Crippen LogP contribution in [0.25, 0.3) is 0 Å². The van der Waals surface area contributed by atoms with E-state index in [0.717, 1.165) is 6.42 Å². The number of likely N-dealkylation sites (tertiary alicyclic amines) is 1. The number of urea groups is 1. The zero-order valence-corrected chi connectivity index (χ0v) is 11.3. The lowest BCUT2D eigenvalue weighted by Crippen LogP contribution is -2.42. The van der Waals surface area contributed by atoms with Crippen LogP contribution >= 0.6 is 0 Å². The molecule has 104 valence electrons. The molecule has 0 saturated carbocycles. The number of nitrogens with one attached hydrogen (secondary N) is 1. The van der Waals surface area contributed by atoms with E-state index in [1.165, 1.54) is 0 Å². The van der Waals surface area contributed by atoms with Gasteiger partial charge in [0.25, 0.3) is 0 Å². The highest BCUT2D eigenvalue weighted by atomic mass is 16.5. The number of nitrogens with zero attached hydrogens (tertiary/aromatic N) is 1. The van der Waals surface area contributed by atoms with Crippen LogP contribution in [-0.2, 0) is 0 Å². The van der Waals surface area contributed by atoms with Gasteiger partial charge in [0.2, 0.25) is 0 Å². The Morgan fingerprint density at radius 3 is 3.05 bits per heavy atom. The van der Waals surface area contributed by atoms with Crippen LogP contribution in [0, 0.1) is 5.92 Å². The average Bonchev–Trinajstić information content (AvgIpc) is 2.80. The van der Waals surface area contributed by atoms with Crippen molar-refractivity contribution >= 4 is 11.7 Å². The van der Waals surface area contributed by atoms with Gasteiger partial charge in [0.05, 0.1) is 19.8 Å². The second-order valence-electron chi connectivity index (χ2n) is 4.87. The summed E-state index contributed by atoms with van der Waals surface area (Å²) in [6, 6.07) is 6.97. The molecular formula is C14H20N2O3. The number of benzene rings is 1. The number of hydrogen-bond donors (Lipinski definition) is 2. The molecule has 0 bridgehead atoms. The van der Waals surface area contributed by atoms with Crippen molar-refractivity contribution in [1.82, 2.24) is 4.90 Å². The van der Waals surface area contributed by atoms with Crippen molar-refractivity contribution in [3.05, 3.63) is 24.3 Å². The van der Waals surface area contributed by atoms with Gasteiger partial charge in [-0.25, -0.2) is 4.79 Å². The van der Waals surface area contributed by atoms with Crippen LogP contribution in [0.4, 0.5) is 10.5 Å². The minimum absolute atomic E-state index is 0.00664. The molecule has 2 rings (SSSR count). The summed E-state index contributed by atoms with van der Waals surface area (Å²) in [7, 11) is 1.59. The lowest BCUT2D eigenvalue weighted by atomic mass is 10.0. The van der Waals surface area contributed by atoms with E-state index < -0.39 is 0 Å². The first-order chi connectivity index (χ1) is 9.15. The van der Waals surface area contributed by atoms with Crippen molar-refractivity contribution in [1.29, 1.82) is 0 Å². The van der Waals surface area contributed by atoms with Crippen LogP contribution in [0.5, 0.6) is 5.75 Å². The number of amides is 2. The third kappa shape index (κ3) is 2.98. The van der Waals surface area contributed by atoms with Gasteiger partial charge >= 0.3 is 6.03 Å². The molecule has 0 aromatic heterocycles. The highest BCUT2D eigenvalue weighted by Gasteiger charge is 2.33. The molecule has 2 amide bonds. The highest BCUT2D eigenvalue weighted by Crippen LogP contribution is 2.25. The molecule has 1 heterocycles. The fourth-order valence-electron chi connectivity index (χ4n) is 2.43. The Kier molecular flexibility index (Phi) is 4.27. The Bertz CT molecular complexity index is 450. The molecule has 2 N–H and O–H groups in total. The molecule has 5 heteroatoms. The summed E-state index contributed by atoms with van der Waals surface area (Å²) < 4.78 is 5.12. The SMILES string of the molecule is COc1cccc(NC(=O)N2CCC(C)C2CO)c1. The van der Waals surface area contributed by atoms with Crippen LogP contribution in [0.15, 0.2) is 24.3 Å². The molecule has 0 aliphatic carbocycles.